The van der Waals surface area contributed by atoms with Gasteiger partial charge in [0, 0.05) is 11.5 Å². The summed E-state index contributed by atoms with van der Waals surface area (Å²) < 4.78 is 5.59. The highest BCUT2D eigenvalue weighted by molar-refractivity contribution is 4.92. The van der Waals surface area contributed by atoms with E-state index in [0.717, 1.165) is 19.4 Å². The Hall–Kier alpha value is -0.730. The summed E-state index contributed by atoms with van der Waals surface area (Å²) >= 11 is 0. The molecule has 3 rings (SSSR count). The van der Waals surface area contributed by atoms with Gasteiger partial charge in [0.15, 0.2) is 0 Å². The van der Waals surface area contributed by atoms with Gasteiger partial charge in [0.25, 0.3) is 0 Å². The number of hydrogen-bond donors (Lipinski definition) is 0. The Morgan fingerprint density at radius 1 is 1.50 bits per heavy atom. The molecule has 0 amide bonds. The third kappa shape index (κ3) is 1.28. The molecule has 0 unspecified atom stereocenters. The molecule has 2 bridgehead atoms. The lowest BCUT2D eigenvalue weighted by atomic mass is 9.71. The molecule has 0 atom stereocenters. The van der Waals surface area contributed by atoms with Gasteiger partial charge in [-0.05, 0) is 36.6 Å². The lowest BCUT2D eigenvalue weighted by Crippen LogP contribution is -2.44. The van der Waals surface area contributed by atoms with Crippen molar-refractivity contribution in [2.24, 2.45) is 10.5 Å². The maximum absolute atomic E-state index is 8.24. The van der Waals surface area contributed by atoms with E-state index >= 15 is 0 Å². The fourth-order valence-electron chi connectivity index (χ4n) is 2.19. The first-order chi connectivity index (χ1) is 5.85. The van der Waals surface area contributed by atoms with E-state index in [1.54, 1.807) is 0 Å². The van der Waals surface area contributed by atoms with E-state index in [1.165, 1.54) is 12.8 Å². The van der Waals surface area contributed by atoms with Crippen molar-refractivity contribution >= 4 is 0 Å². The first-order valence-corrected chi connectivity index (χ1v) is 4.47. The molecule has 2 heterocycles. The Kier molecular flexibility index (Phi) is 1.95. The largest absolute Gasteiger partial charge is 0.378 e. The van der Waals surface area contributed by atoms with E-state index < -0.39 is 0 Å². The van der Waals surface area contributed by atoms with Crippen LogP contribution in [0, 0.1) is 5.41 Å². The molecule has 3 aliphatic rings. The van der Waals surface area contributed by atoms with Gasteiger partial charge in [-0.1, -0.05) is 5.11 Å². The van der Waals surface area contributed by atoms with Gasteiger partial charge >= 0.3 is 0 Å². The predicted octanol–water partition coefficient (Wildman–Crippen LogP) is 2.26. The van der Waals surface area contributed by atoms with Crippen LogP contribution in [0.15, 0.2) is 5.11 Å². The summed E-state index contributed by atoms with van der Waals surface area (Å²) in [6.45, 7) is 1.42. The Balaban J connectivity index is 2.03. The molecule has 0 radical (unpaired) electrons. The Labute approximate surface area is 71.5 Å². The number of ether oxygens (including phenoxy) is 1. The van der Waals surface area contributed by atoms with Gasteiger partial charge in [0.2, 0.25) is 0 Å². The highest BCUT2D eigenvalue weighted by Crippen LogP contribution is 2.43. The smallest absolute Gasteiger partial charge is 0.0575 e. The quantitative estimate of drug-likeness (QED) is 0.353. The second-order valence-electron chi connectivity index (χ2n) is 3.90. The molecule has 4 nitrogen and oxygen atoms in total. The Morgan fingerprint density at radius 3 is 2.75 bits per heavy atom. The maximum Gasteiger partial charge on any atom is 0.0575 e. The maximum atomic E-state index is 8.24. The van der Waals surface area contributed by atoms with Gasteiger partial charge in [-0.15, -0.1) is 0 Å². The Bertz CT molecular complexity index is 201. The zero-order valence-corrected chi connectivity index (χ0v) is 7.07. The van der Waals surface area contributed by atoms with Crippen LogP contribution >= 0.6 is 0 Å². The third-order valence-electron chi connectivity index (χ3n) is 3.09. The fourth-order valence-corrected chi connectivity index (χ4v) is 2.19. The molecular weight excluding hydrogens is 154 g/mol. The van der Waals surface area contributed by atoms with Crippen LogP contribution < -0.4 is 0 Å². The van der Waals surface area contributed by atoms with Crippen LogP contribution in [0.25, 0.3) is 10.4 Å². The number of rotatable bonds is 2. The highest BCUT2D eigenvalue weighted by Gasteiger charge is 2.40. The number of nitrogens with zero attached hydrogens (tertiary/aromatic N) is 3. The monoisotopic (exact) mass is 167 g/mol. The predicted molar refractivity (Wildman–Crippen MR) is 44.7 cm³/mol. The molecule has 0 aromatic carbocycles. The molecule has 0 aromatic rings. The molecule has 12 heavy (non-hydrogen) atoms. The average molecular weight is 167 g/mol. The van der Waals surface area contributed by atoms with E-state index in [4.69, 9.17) is 10.3 Å². The summed E-state index contributed by atoms with van der Waals surface area (Å²) in [4.78, 5) is 2.81. The standard InChI is InChI=1S/C8H13N3O/c9-11-10-5-8-3-1-7(2-4-8)12-6-8/h7H,1-6H2. The molecule has 0 aromatic heterocycles. The minimum absolute atomic E-state index is 0.195. The molecule has 0 N–H and O–H groups in total. The molecule has 3 fully saturated rings. The average Bonchev–Trinajstić information content (AvgIpc) is 2.18. The zero-order valence-electron chi connectivity index (χ0n) is 7.07. The summed E-state index contributed by atoms with van der Waals surface area (Å²) in [6.07, 6.45) is 5.16. The zero-order chi connectivity index (χ0) is 8.44. The minimum Gasteiger partial charge on any atom is -0.378 e. The van der Waals surface area contributed by atoms with Crippen LogP contribution in [0.1, 0.15) is 25.7 Å². The summed E-state index contributed by atoms with van der Waals surface area (Å²) in [5, 5.41) is 3.66. The van der Waals surface area contributed by atoms with Crippen molar-refractivity contribution in [1.29, 1.82) is 0 Å². The highest BCUT2D eigenvalue weighted by atomic mass is 16.5. The van der Waals surface area contributed by atoms with Crippen molar-refractivity contribution in [3.05, 3.63) is 10.4 Å². The van der Waals surface area contributed by atoms with Crippen LogP contribution in [0.3, 0.4) is 0 Å². The van der Waals surface area contributed by atoms with Crippen molar-refractivity contribution in [1.82, 2.24) is 0 Å². The number of azide groups is 1. The number of hydrogen-bond acceptors (Lipinski definition) is 2. The van der Waals surface area contributed by atoms with Gasteiger partial charge in [0.1, 0.15) is 0 Å². The summed E-state index contributed by atoms with van der Waals surface area (Å²) in [6, 6.07) is 0. The van der Waals surface area contributed by atoms with Crippen molar-refractivity contribution in [2.45, 2.75) is 31.8 Å². The fraction of sp³-hybridized carbons (Fsp3) is 1.00. The van der Waals surface area contributed by atoms with Gasteiger partial charge in [-0.3, -0.25) is 0 Å². The second kappa shape index (κ2) is 2.96. The first kappa shape index (κ1) is 7.90. The molecule has 2 saturated heterocycles. The summed E-state index contributed by atoms with van der Waals surface area (Å²) in [7, 11) is 0. The van der Waals surface area contributed by atoms with E-state index in [-0.39, 0.29) is 5.41 Å². The van der Waals surface area contributed by atoms with Crippen LogP contribution in [-0.4, -0.2) is 19.3 Å². The topological polar surface area (TPSA) is 58.0 Å². The molecule has 1 saturated carbocycles. The molecule has 4 heteroatoms. The molecular formula is C8H13N3O. The van der Waals surface area contributed by atoms with E-state index in [0.29, 0.717) is 12.6 Å². The summed E-state index contributed by atoms with van der Waals surface area (Å²) in [5.41, 5.74) is 8.43. The van der Waals surface area contributed by atoms with Crippen LogP contribution in [0.4, 0.5) is 0 Å². The van der Waals surface area contributed by atoms with Crippen LogP contribution in [0.5, 0.6) is 0 Å². The lowest BCUT2D eigenvalue weighted by Gasteiger charge is -2.45. The normalized spacial score (nSPS) is 39.2. The van der Waals surface area contributed by atoms with Crippen molar-refractivity contribution in [3.63, 3.8) is 0 Å². The van der Waals surface area contributed by atoms with E-state index in [2.05, 4.69) is 10.0 Å². The second-order valence-corrected chi connectivity index (χ2v) is 3.90. The Morgan fingerprint density at radius 2 is 2.25 bits per heavy atom. The van der Waals surface area contributed by atoms with Crippen molar-refractivity contribution in [2.75, 3.05) is 13.2 Å². The van der Waals surface area contributed by atoms with Gasteiger partial charge in [-0.2, -0.15) is 0 Å². The van der Waals surface area contributed by atoms with Crippen molar-refractivity contribution in [3.8, 4) is 0 Å². The van der Waals surface area contributed by atoms with E-state index in [1.807, 2.05) is 0 Å². The molecule has 2 aliphatic heterocycles. The first-order valence-electron chi connectivity index (χ1n) is 4.47. The number of fused-ring (bicyclic) bond motifs is 3. The van der Waals surface area contributed by atoms with Crippen LogP contribution in [-0.2, 0) is 4.74 Å². The van der Waals surface area contributed by atoms with E-state index in [9.17, 15) is 0 Å². The minimum atomic E-state index is 0.195. The SMILES string of the molecule is [N-]=[N+]=NCC12CCC(CC1)OC2. The summed E-state index contributed by atoms with van der Waals surface area (Å²) in [5.74, 6) is 0. The van der Waals surface area contributed by atoms with Gasteiger partial charge in [-0.25, -0.2) is 0 Å². The van der Waals surface area contributed by atoms with Crippen molar-refractivity contribution < 1.29 is 4.74 Å². The van der Waals surface area contributed by atoms with Crippen LogP contribution in [0.2, 0.25) is 0 Å². The third-order valence-corrected chi connectivity index (χ3v) is 3.09. The van der Waals surface area contributed by atoms with Gasteiger partial charge in [0.05, 0.1) is 12.7 Å². The van der Waals surface area contributed by atoms with Gasteiger partial charge < -0.3 is 4.74 Å². The molecule has 66 valence electrons. The molecule has 0 spiro atoms. The lowest BCUT2D eigenvalue weighted by molar-refractivity contribution is -0.110. The molecule has 1 aliphatic carbocycles.